The molecule has 0 aromatic carbocycles. The molecule has 0 saturated carbocycles. The molecule has 0 fully saturated rings. The topological polar surface area (TPSA) is 62.2 Å². The monoisotopic (exact) mass is 244 g/mol. The molecule has 1 aromatic heterocycles. The summed E-state index contributed by atoms with van der Waals surface area (Å²) in [5, 5.41) is 11.4. The fraction of sp³-hybridized carbons (Fsp3) is 0.455. The lowest BCUT2D eigenvalue weighted by Gasteiger charge is -2.19. The Bertz CT molecular complexity index is 412. The van der Waals surface area contributed by atoms with Gasteiger partial charge >= 0.3 is 0 Å². The summed E-state index contributed by atoms with van der Waals surface area (Å²) in [4.78, 5) is 14.7. The molecule has 1 heterocycles. The Morgan fingerprint density at radius 1 is 1.53 bits per heavy atom. The second kappa shape index (κ2) is 5.67. The van der Waals surface area contributed by atoms with Crippen LogP contribution in [0.25, 0.3) is 0 Å². The van der Waals surface area contributed by atoms with Crippen molar-refractivity contribution in [2.45, 2.75) is 19.9 Å². The fourth-order valence-electron chi connectivity index (χ4n) is 1.18. The first-order valence-electron chi connectivity index (χ1n) is 5.19. The first kappa shape index (κ1) is 13.5. The molecule has 4 nitrogen and oxygen atoms in total. The van der Waals surface area contributed by atoms with Gasteiger partial charge in [-0.05, 0) is 18.9 Å². The molecular formula is C11H14F2N2O2. The molecule has 94 valence electrons. The van der Waals surface area contributed by atoms with Gasteiger partial charge in [0, 0.05) is 18.8 Å². The van der Waals surface area contributed by atoms with E-state index >= 15 is 0 Å². The van der Waals surface area contributed by atoms with E-state index in [0.717, 1.165) is 12.3 Å². The van der Waals surface area contributed by atoms with Crippen LogP contribution in [0.5, 0.6) is 0 Å². The molecule has 1 amide bonds. The number of aromatic nitrogens is 1. The van der Waals surface area contributed by atoms with Crippen molar-refractivity contribution in [1.29, 1.82) is 0 Å². The van der Waals surface area contributed by atoms with Gasteiger partial charge in [0.25, 0.3) is 5.91 Å². The van der Waals surface area contributed by atoms with Crippen molar-refractivity contribution >= 4 is 5.91 Å². The molecule has 1 rings (SSSR count). The van der Waals surface area contributed by atoms with Crippen LogP contribution in [-0.4, -0.2) is 28.6 Å². The van der Waals surface area contributed by atoms with E-state index in [0.29, 0.717) is 0 Å². The van der Waals surface area contributed by atoms with E-state index in [1.165, 1.54) is 0 Å². The number of aliphatic hydroxyl groups excluding tert-OH is 1. The van der Waals surface area contributed by atoms with Crippen LogP contribution in [0.1, 0.15) is 24.2 Å². The van der Waals surface area contributed by atoms with Crippen molar-refractivity contribution in [3.63, 3.8) is 0 Å². The van der Waals surface area contributed by atoms with Gasteiger partial charge in [-0.15, -0.1) is 0 Å². The Morgan fingerprint density at radius 3 is 2.76 bits per heavy atom. The van der Waals surface area contributed by atoms with Crippen LogP contribution in [0, 0.1) is 17.7 Å². The average Bonchev–Trinajstić information content (AvgIpc) is 2.31. The lowest BCUT2D eigenvalue weighted by atomic mass is 10.0. The maximum atomic E-state index is 13.2. The maximum absolute atomic E-state index is 13.2. The van der Waals surface area contributed by atoms with Crippen LogP contribution in [0.2, 0.25) is 0 Å². The number of carbonyl (C=O) groups is 1. The molecule has 0 saturated heterocycles. The highest BCUT2D eigenvalue weighted by Crippen LogP contribution is 2.10. The van der Waals surface area contributed by atoms with Crippen molar-refractivity contribution in [3.05, 3.63) is 29.6 Å². The van der Waals surface area contributed by atoms with Crippen LogP contribution in [0.4, 0.5) is 8.78 Å². The second-order valence-corrected chi connectivity index (χ2v) is 3.89. The zero-order chi connectivity index (χ0) is 13.0. The number of amides is 1. The van der Waals surface area contributed by atoms with Gasteiger partial charge in [-0.3, -0.25) is 4.79 Å². The Balaban J connectivity index is 2.80. The predicted molar refractivity (Wildman–Crippen MR) is 57.3 cm³/mol. The van der Waals surface area contributed by atoms with E-state index in [1.54, 1.807) is 13.8 Å². The van der Waals surface area contributed by atoms with E-state index in [9.17, 15) is 13.6 Å². The quantitative estimate of drug-likeness (QED) is 0.780. The van der Waals surface area contributed by atoms with Crippen LogP contribution in [-0.2, 0) is 0 Å². The minimum atomic E-state index is -1.31. The van der Waals surface area contributed by atoms with Gasteiger partial charge in [0.05, 0.1) is 5.56 Å². The van der Waals surface area contributed by atoms with Gasteiger partial charge in [-0.2, -0.15) is 4.39 Å². The van der Waals surface area contributed by atoms with Gasteiger partial charge in [0.1, 0.15) is 0 Å². The van der Waals surface area contributed by atoms with Crippen molar-refractivity contribution in [2.75, 3.05) is 6.61 Å². The van der Waals surface area contributed by atoms with Crippen molar-refractivity contribution < 1.29 is 18.7 Å². The smallest absolute Gasteiger partial charge is 0.254 e. The highest BCUT2D eigenvalue weighted by molar-refractivity contribution is 5.94. The largest absolute Gasteiger partial charge is 0.396 e. The summed E-state index contributed by atoms with van der Waals surface area (Å²) < 4.78 is 26.0. The summed E-state index contributed by atoms with van der Waals surface area (Å²) in [7, 11) is 0. The minimum absolute atomic E-state index is 0.103. The van der Waals surface area contributed by atoms with E-state index in [2.05, 4.69) is 10.3 Å². The summed E-state index contributed by atoms with van der Waals surface area (Å²) in [6, 6.07) is 0.757. The van der Waals surface area contributed by atoms with Crippen LogP contribution in [0.3, 0.4) is 0 Å². The lowest BCUT2D eigenvalue weighted by Crippen LogP contribution is -2.38. The van der Waals surface area contributed by atoms with E-state index in [4.69, 9.17) is 5.11 Å². The first-order valence-corrected chi connectivity index (χ1v) is 5.19. The average molecular weight is 244 g/mol. The minimum Gasteiger partial charge on any atom is -0.396 e. The molecule has 0 radical (unpaired) electrons. The number of rotatable bonds is 4. The molecule has 2 atom stereocenters. The number of hydrogen-bond donors (Lipinski definition) is 2. The zero-order valence-electron chi connectivity index (χ0n) is 9.58. The molecule has 6 heteroatoms. The fourth-order valence-corrected chi connectivity index (χ4v) is 1.18. The highest BCUT2D eigenvalue weighted by atomic mass is 19.2. The third kappa shape index (κ3) is 3.20. The molecule has 0 spiro atoms. The normalized spacial score (nSPS) is 14.2. The maximum Gasteiger partial charge on any atom is 0.254 e. The van der Waals surface area contributed by atoms with E-state index in [-0.39, 0.29) is 18.6 Å². The van der Waals surface area contributed by atoms with Gasteiger partial charge in [0.15, 0.2) is 5.82 Å². The molecule has 0 bridgehead atoms. The first-order chi connectivity index (χ1) is 7.97. The standard InChI is InChI=1S/C11H14F2N2O2/c1-6(5-16)7(2)15-11(17)8-3-4-14-10(13)9(8)12/h3-4,6-7,16H,5H2,1-2H3,(H,15,17). The number of nitrogens with zero attached hydrogens (tertiary/aromatic N) is 1. The number of pyridine rings is 1. The second-order valence-electron chi connectivity index (χ2n) is 3.89. The third-order valence-electron chi connectivity index (χ3n) is 2.59. The van der Waals surface area contributed by atoms with E-state index < -0.39 is 23.2 Å². The SMILES string of the molecule is CC(CO)C(C)NC(=O)c1ccnc(F)c1F. The van der Waals surface area contributed by atoms with E-state index in [1.807, 2.05) is 0 Å². The molecule has 0 aliphatic rings. The summed E-state index contributed by atoms with van der Waals surface area (Å²) in [5.74, 6) is -3.47. The lowest BCUT2D eigenvalue weighted by molar-refractivity contribution is 0.0910. The van der Waals surface area contributed by atoms with Crippen LogP contribution in [0.15, 0.2) is 12.3 Å². The zero-order valence-corrected chi connectivity index (χ0v) is 9.58. The Kier molecular flexibility index (Phi) is 4.51. The Labute approximate surface area is 97.7 Å². The predicted octanol–water partition coefficient (Wildman–Crippen LogP) is 1.11. The van der Waals surface area contributed by atoms with Crippen molar-refractivity contribution in [2.24, 2.45) is 5.92 Å². The summed E-state index contributed by atoms with van der Waals surface area (Å²) in [5.41, 5.74) is -0.394. The molecule has 2 N–H and O–H groups in total. The number of hydrogen-bond acceptors (Lipinski definition) is 3. The van der Waals surface area contributed by atoms with Crippen molar-refractivity contribution in [1.82, 2.24) is 10.3 Å². The molecule has 17 heavy (non-hydrogen) atoms. The van der Waals surface area contributed by atoms with Crippen molar-refractivity contribution in [3.8, 4) is 0 Å². The number of halogens is 2. The number of nitrogens with one attached hydrogen (secondary N) is 1. The van der Waals surface area contributed by atoms with Crippen LogP contribution < -0.4 is 5.32 Å². The third-order valence-corrected chi connectivity index (χ3v) is 2.59. The molecule has 0 aliphatic carbocycles. The summed E-state index contributed by atoms with van der Waals surface area (Å²) in [6.45, 7) is 3.30. The highest BCUT2D eigenvalue weighted by Gasteiger charge is 2.19. The number of aliphatic hydroxyl groups is 1. The molecule has 1 aromatic rings. The van der Waals surface area contributed by atoms with Crippen LogP contribution >= 0.6 is 0 Å². The Hall–Kier alpha value is -1.56. The molecular weight excluding hydrogens is 230 g/mol. The van der Waals surface area contributed by atoms with Gasteiger partial charge in [0.2, 0.25) is 5.95 Å². The molecule has 0 aliphatic heterocycles. The number of carbonyl (C=O) groups excluding carboxylic acids is 1. The van der Waals surface area contributed by atoms with Gasteiger partial charge in [-0.25, -0.2) is 9.37 Å². The Morgan fingerprint density at radius 2 is 2.18 bits per heavy atom. The molecule has 2 unspecified atom stereocenters. The summed E-state index contributed by atoms with van der Waals surface area (Å²) in [6.07, 6.45) is 1.02. The van der Waals surface area contributed by atoms with Gasteiger partial charge in [-0.1, -0.05) is 6.92 Å². The van der Waals surface area contributed by atoms with Gasteiger partial charge < -0.3 is 10.4 Å². The summed E-state index contributed by atoms with van der Waals surface area (Å²) >= 11 is 0.